The van der Waals surface area contributed by atoms with Crippen LogP contribution >= 0.6 is 0 Å². The second-order valence-electron chi connectivity index (χ2n) is 6.29. The number of aromatic nitrogens is 2. The zero-order valence-corrected chi connectivity index (χ0v) is 15.6. The molecule has 2 N–H and O–H groups in total. The van der Waals surface area contributed by atoms with Crippen LogP contribution in [0.15, 0.2) is 42.7 Å². The molecule has 27 heavy (non-hydrogen) atoms. The van der Waals surface area contributed by atoms with Gasteiger partial charge in [0.25, 0.3) is 0 Å². The quantitative estimate of drug-likeness (QED) is 0.651. The maximum Gasteiger partial charge on any atom is 0.219 e. The molecule has 0 unspecified atom stereocenters. The van der Waals surface area contributed by atoms with Crippen molar-refractivity contribution in [2.45, 2.75) is 13.8 Å². The number of hydrogen-bond acceptors (Lipinski definition) is 6. The average molecular weight is 366 g/mol. The van der Waals surface area contributed by atoms with Crippen LogP contribution in [0.3, 0.4) is 0 Å². The first kappa shape index (κ1) is 18.4. The standard InChI is InChI=1S/C20H22N4O3/c1-13-11-15(7-8-17(13)26)23-20-19-16(21-12-22-20)5-4-6-18(19)27-10-9-24(3)14(2)25/h4-8,11-12,26H,9-10H2,1-3H3,(H,21,22,23). The Kier molecular flexibility index (Phi) is 5.40. The lowest BCUT2D eigenvalue weighted by molar-refractivity contribution is -0.127. The van der Waals surface area contributed by atoms with Crippen LogP contribution in [0, 0.1) is 6.92 Å². The Labute approximate surface area is 157 Å². The molecule has 0 fully saturated rings. The Hall–Kier alpha value is -3.35. The summed E-state index contributed by atoms with van der Waals surface area (Å²) >= 11 is 0. The summed E-state index contributed by atoms with van der Waals surface area (Å²) in [4.78, 5) is 21.6. The SMILES string of the molecule is CC(=O)N(C)CCOc1cccc2ncnc(Nc3ccc(O)c(C)c3)c12. The normalized spacial score (nSPS) is 10.6. The summed E-state index contributed by atoms with van der Waals surface area (Å²) in [6, 6.07) is 10.9. The molecule has 0 saturated heterocycles. The van der Waals surface area contributed by atoms with Crippen LogP contribution in [0.2, 0.25) is 0 Å². The van der Waals surface area contributed by atoms with Crippen molar-refractivity contribution < 1.29 is 14.6 Å². The smallest absolute Gasteiger partial charge is 0.219 e. The molecule has 1 aromatic heterocycles. The molecule has 0 radical (unpaired) electrons. The zero-order valence-electron chi connectivity index (χ0n) is 15.6. The monoisotopic (exact) mass is 366 g/mol. The molecule has 7 heteroatoms. The molecule has 7 nitrogen and oxygen atoms in total. The highest BCUT2D eigenvalue weighted by molar-refractivity contribution is 5.95. The number of fused-ring (bicyclic) bond motifs is 1. The molecule has 0 saturated carbocycles. The molecule has 0 aliphatic rings. The van der Waals surface area contributed by atoms with Gasteiger partial charge in [0.05, 0.1) is 17.4 Å². The summed E-state index contributed by atoms with van der Waals surface area (Å²) in [6.45, 7) is 4.20. The van der Waals surface area contributed by atoms with Gasteiger partial charge in [0.15, 0.2) is 0 Å². The van der Waals surface area contributed by atoms with E-state index in [0.29, 0.717) is 24.7 Å². The number of carbonyl (C=O) groups is 1. The molecule has 0 bridgehead atoms. The maximum atomic E-state index is 11.3. The van der Waals surface area contributed by atoms with Crippen molar-refractivity contribution >= 4 is 28.3 Å². The van der Waals surface area contributed by atoms with Gasteiger partial charge in [-0.05, 0) is 42.8 Å². The Morgan fingerprint density at radius 3 is 2.81 bits per heavy atom. The van der Waals surface area contributed by atoms with Gasteiger partial charge < -0.3 is 20.1 Å². The molecule has 3 rings (SSSR count). The van der Waals surface area contributed by atoms with Gasteiger partial charge in [-0.25, -0.2) is 9.97 Å². The Bertz CT molecular complexity index is 969. The number of nitrogens with zero attached hydrogens (tertiary/aromatic N) is 3. The summed E-state index contributed by atoms with van der Waals surface area (Å²) in [7, 11) is 1.73. The number of hydrogen-bond donors (Lipinski definition) is 2. The lowest BCUT2D eigenvalue weighted by Gasteiger charge is -2.17. The summed E-state index contributed by atoms with van der Waals surface area (Å²) in [6.07, 6.45) is 1.49. The third kappa shape index (κ3) is 4.25. The first-order chi connectivity index (χ1) is 13.0. The van der Waals surface area contributed by atoms with Crippen molar-refractivity contribution in [2.75, 3.05) is 25.5 Å². The van der Waals surface area contributed by atoms with Crippen LogP contribution in [0.25, 0.3) is 10.9 Å². The number of rotatable bonds is 6. The number of amides is 1. The molecule has 0 aliphatic carbocycles. The van der Waals surface area contributed by atoms with E-state index in [-0.39, 0.29) is 11.7 Å². The van der Waals surface area contributed by atoms with E-state index in [1.54, 1.807) is 24.1 Å². The molecule has 1 amide bonds. The Morgan fingerprint density at radius 2 is 2.07 bits per heavy atom. The number of ether oxygens (including phenoxy) is 1. The largest absolute Gasteiger partial charge is 0.508 e. The van der Waals surface area contributed by atoms with Crippen LogP contribution in [-0.4, -0.2) is 46.1 Å². The first-order valence-electron chi connectivity index (χ1n) is 8.60. The summed E-state index contributed by atoms with van der Waals surface area (Å²) in [5.41, 5.74) is 2.32. The van der Waals surface area contributed by atoms with E-state index in [4.69, 9.17) is 4.74 Å². The van der Waals surface area contributed by atoms with E-state index in [1.165, 1.54) is 13.3 Å². The van der Waals surface area contributed by atoms with Gasteiger partial charge in [-0.15, -0.1) is 0 Å². The van der Waals surface area contributed by atoms with Crippen molar-refractivity contribution in [3.63, 3.8) is 0 Å². The Morgan fingerprint density at radius 1 is 1.26 bits per heavy atom. The first-order valence-corrected chi connectivity index (χ1v) is 8.60. The van der Waals surface area contributed by atoms with Gasteiger partial charge in [0.2, 0.25) is 5.91 Å². The van der Waals surface area contributed by atoms with Crippen molar-refractivity contribution in [3.05, 3.63) is 48.3 Å². The van der Waals surface area contributed by atoms with E-state index in [0.717, 1.165) is 22.2 Å². The minimum Gasteiger partial charge on any atom is -0.508 e. The number of aryl methyl sites for hydroxylation is 1. The predicted molar refractivity (Wildman–Crippen MR) is 104 cm³/mol. The van der Waals surface area contributed by atoms with Crippen LogP contribution in [0.1, 0.15) is 12.5 Å². The van der Waals surface area contributed by atoms with Gasteiger partial charge >= 0.3 is 0 Å². The highest BCUT2D eigenvalue weighted by Crippen LogP contribution is 2.32. The third-order valence-electron chi connectivity index (χ3n) is 4.31. The van der Waals surface area contributed by atoms with Crippen LogP contribution in [-0.2, 0) is 4.79 Å². The van der Waals surface area contributed by atoms with Gasteiger partial charge in [0, 0.05) is 19.7 Å². The summed E-state index contributed by atoms with van der Waals surface area (Å²) in [5, 5.41) is 13.7. The van der Waals surface area contributed by atoms with Crippen molar-refractivity contribution in [1.29, 1.82) is 0 Å². The van der Waals surface area contributed by atoms with E-state index < -0.39 is 0 Å². The fraction of sp³-hybridized carbons (Fsp3) is 0.250. The van der Waals surface area contributed by atoms with Gasteiger partial charge in [-0.3, -0.25) is 4.79 Å². The van der Waals surface area contributed by atoms with Crippen LogP contribution < -0.4 is 10.1 Å². The van der Waals surface area contributed by atoms with Crippen molar-refractivity contribution in [1.82, 2.24) is 14.9 Å². The molecule has 0 atom stereocenters. The number of aromatic hydroxyl groups is 1. The number of anilines is 2. The molecule has 0 aliphatic heterocycles. The van der Waals surface area contributed by atoms with Crippen LogP contribution in [0.5, 0.6) is 11.5 Å². The number of phenols is 1. The average Bonchev–Trinajstić information content (AvgIpc) is 2.65. The number of carbonyl (C=O) groups excluding carboxylic acids is 1. The number of phenolic OH excluding ortho intramolecular Hbond substituents is 1. The van der Waals surface area contributed by atoms with E-state index in [2.05, 4.69) is 15.3 Å². The van der Waals surface area contributed by atoms with E-state index in [9.17, 15) is 9.90 Å². The van der Waals surface area contributed by atoms with Crippen LogP contribution in [0.4, 0.5) is 11.5 Å². The Balaban J connectivity index is 1.89. The molecule has 1 heterocycles. The number of nitrogens with one attached hydrogen (secondary N) is 1. The number of likely N-dealkylation sites (N-methyl/N-ethyl adjacent to an activating group) is 1. The highest BCUT2D eigenvalue weighted by Gasteiger charge is 2.11. The second kappa shape index (κ2) is 7.90. The fourth-order valence-corrected chi connectivity index (χ4v) is 2.61. The molecule has 2 aromatic carbocycles. The van der Waals surface area contributed by atoms with Crippen molar-refractivity contribution in [3.8, 4) is 11.5 Å². The predicted octanol–water partition coefficient (Wildman–Crippen LogP) is 3.24. The minimum absolute atomic E-state index is 0.00934. The van der Waals surface area contributed by atoms with Crippen molar-refractivity contribution in [2.24, 2.45) is 0 Å². The molecule has 3 aromatic rings. The highest BCUT2D eigenvalue weighted by atomic mass is 16.5. The molecular weight excluding hydrogens is 344 g/mol. The topological polar surface area (TPSA) is 87.6 Å². The second-order valence-corrected chi connectivity index (χ2v) is 6.29. The lowest BCUT2D eigenvalue weighted by atomic mass is 10.2. The zero-order chi connectivity index (χ0) is 19.4. The molecule has 0 spiro atoms. The summed E-state index contributed by atoms with van der Waals surface area (Å²) in [5.74, 6) is 1.49. The van der Waals surface area contributed by atoms with Gasteiger partial charge in [-0.2, -0.15) is 0 Å². The van der Waals surface area contributed by atoms with Gasteiger partial charge in [-0.1, -0.05) is 6.07 Å². The van der Waals surface area contributed by atoms with E-state index >= 15 is 0 Å². The third-order valence-corrected chi connectivity index (χ3v) is 4.31. The fourth-order valence-electron chi connectivity index (χ4n) is 2.61. The molecular formula is C20H22N4O3. The number of benzene rings is 2. The minimum atomic E-state index is -0.00934. The lowest BCUT2D eigenvalue weighted by Crippen LogP contribution is -2.28. The summed E-state index contributed by atoms with van der Waals surface area (Å²) < 4.78 is 5.91. The molecule has 140 valence electrons. The maximum absolute atomic E-state index is 11.3. The van der Waals surface area contributed by atoms with E-state index in [1.807, 2.05) is 31.2 Å². The van der Waals surface area contributed by atoms with Gasteiger partial charge in [0.1, 0.15) is 30.3 Å².